The maximum Gasteiger partial charge on any atom is 0.332 e. The highest BCUT2D eigenvalue weighted by atomic mass is 35.5. The summed E-state index contributed by atoms with van der Waals surface area (Å²) in [5, 5.41) is 14.7. The molecule has 88 valence electrons. The Labute approximate surface area is 101 Å². The van der Waals surface area contributed by atoms with E-state index in [0.29, 0.717) is 18.1 Å². The van der Waals surface area contributed by atoms with E-state index in [-0.39, 0.29) is 6.10 Å². The first-order valence-electron chi connectivity index (χ1n) is 4.88. The van der Waals surface area contributed by atoms with Gasteiger partial charge in [0.15, 0.2) is 11.2 Å². The minimum Gasteiger partial charge on any atom is -0.479 e. The number of hydrogen-bond acceptors (Lipinski definition) is 5. The third-order valence-corrected chi connectivity index (χ3v) is 3.46. The highest BCUT2D eigenvalue weighted by Crippen LogP contribution is 2.22. The molecule has 1 fully saturated rings. The summed E-state index contributed by atoms with van der Waals surface area (Å²) in [5.74, 6) is -0.889. The fourth-order valence-corrected chi connectivity index (χ4v) is 2.42. The van der Waals surface area contributed by atoms with Gasteiger partial charge in [-0.2, -0.15) is 0 Å². The van der Waals surface area contributed by atoms with E-state index in [1.54, 1.807) is 5.38 Å². The predicted octanol–water partition coefficient (Wildman–Crippen LogP) is 1.84. The van der Waals surface area contributed by atoms with Gasteiger partial charge in [-0.1, -0.05) is 11.6 Å². The van der Waals surface area contributed by atoms with Gasteiger partial charge in [0, 0.05) is 11.9 Å². The molecule has 0 aliphatic carbocycles. The van der Waals surface area contributed by atoms with Crippen LogP contribution in [-0.2, 0) is 9.53 Å². The summed E-state index contributed by atoms with van der Waals surface area (Å²) in [6.07, 6.45) is 0.596. The van der Waals surface area contributed by atoms with Gasteiger partial charge in [-0.3, -0.25) is 0 Å². The summed E-state index contributed by atoms with van der Waals surface area (Å²) in [6, 6.07) is 0. The van der Waals surface area contributed by atoms with Crippen molar-refractivity contribution in [1.29, 1.82) is 0 Å². The number of aromatic nitrogens is 1. The molecular formula is C9H11ClN2O3S. The van der Waals surface area contributed by atoms with Crippen molar-refractivity contribution in [2.75, 3.05) is 11.9 Å². The van der Waals surface area contributed by atoms with Gasteiger partial charge in [-0.25, -0.2) is 9.78 Å². The number of carboxylic acid groups (broad SMARTS) is 1. The highest BCUT2D eigenvalue weighted by molar-refractivity contribution is 7.14. The van der Waals surface area contributed by atoms with E-state index >= 15 is 0 Å². The fraction of sp³-hybridized carbons (Fsp3) is 0.556. The molecule has 2 rings (SSSR count). The monoisotopic (exact) mass is 262 g/mol. The van der Waals surface area contributed by atoms with E-state index < -0.39 is 12.1 Å². The highest BCUT2D eigenvalue weighted by Gasteiger charge is 2.30. The number of nitrogens with one attached hydrogen (secondary N) is 1. The Bertz CT molecular complexity index is 385. The van der Waals surface area contributed by atoms with E-state index in [1.807, 2.05) is 0 Å². The Morgan fingerprint density at radius 3 is 3.12 bits per heavy atom. The molecule has 0 aromatic carbocycles. The number of anilines is 1. The first kappa shape index (κ1) is 11.6. The Morgan fingerprint density at radius 1 is 1.75 bits per heavy atom. The molecule has 1 aromatic rings. The molecule has 2 heterocycles. The minimum absolute atomic E-state index is 0.0659. The molecule has 0 radical (unpaired) electrons. The van der Waals surface area contributed by atoms with Gasteiger partial charge in [0.05, 0.1) is 6.10 Å². The van der Waals surface area contributed by atoms with E-state index in [9.17, 15) is 4.79 Å². The average molecular weight is 263 g/mol. The Balaban J connectivity index is 1.77. The van der Waals surface area contributed by atoms with Crippen molar-refractivity contribution in [3.05, 3.63) is 10.5 Å². The number of ether oxygens (including phenoxy) is 1. The molecule has 7 heteroatoms. The summed E-state index contributed by atoms with van der Waals surface area (Å²) in [4.78, 5) is 14.7. The van der Waals surface area contributed by atoms with Gasteiger partial charge in [-0.15, -0.1) is 11.3 Å². The molecule has 1 aromatic heterocycles. The summed E-state index contributed by atoms with van der Waals surface area (Å²) in [5.41, 5.74) is 0. The third kappa shape index (κ3) is 2.84. The lowest BCUT2D eigenvalue weighted by Gasteiger charge is -2.11. The predicted molar refractivity (Wildman–Crippen MR) is 61.1 cm³/mol. The molecule has 0 spiro atoms. The first-order valence-corrected chi connectivity index (χ1v) is 6.14. The summed E-state index contributed by atoms with van der Waals surface area (Å²) >= 11 is 7.08. The molecule has 16 heavy (non-hydrogen) atoms. The third-order valence-electron chi connectivity index (χ3n) is 2.34. The molecule has 1 aliphatic heterocycles. The van der Waals surface area contributed by atoms with Gasteiger partial charge in [0.25, 0.3) is 0 Å². The summed E-state index contributed by atoms with van der Waals surface area (Å²) in [6.45, 7) is 0.563. The Kier molecular flexibility index (Phi) is 3.63. The molecule has 0 amide bonds. The number of carboxylic acids is 1. The van der Waals surface area contributed by atoms with Crippen LogP contribution in [0.4, 0.5) is 5.13 Å². The van der Waals surface area contributed by atoms with Crippen LogP contribution in [0.5, 0.6) is 0 Å². The maximum atomic E-state index is 10.7. The van der Waals surface area contributed by atoms with Gasteiger partial charge in [-0.05, 0) is 12.8 Å². The number of halogens is 1. The van der Waals surface area contributed by atoms with Crippen molar-refractivity contribution in [3.63, 3.8) is 0 Å². The van der Waals surface area contributed by atoms with Crippen LogP contribution in [0.25, 0.3) is 0 Å². The lowest BCUT2D eigenvalue weighted by atomic mass is 10.2. The van der Waals surface area contributed by atoms with Crippen molar-refractivity contribution in [2.24, 2.45) is 0 Å². The van der Waals surface area contributed by atoms with Crippen LogP contribution in [0.3, 0.4) is 0 Å². The van der Waals surface area contributed by atoms with Crippen molar-refractivity contribution in [1.82, 2.24) is 4.98 Å². The molecule has 1 saturated heterocycles. The van der Waals surface area contributed by atoms with Crippen molar-refractivity contribution in [2.45, 2.75) is 25.0 Å². The lowest BCUT2D eigenvalue weighted by molar-refractivity contribution is -0.149. The maximum absolute atomic E-state index is 10.7. The second-order valence-electron chi connectivity index (χ2n) is 3.52. The number of carbonyl (C=O) groups is 1. The first-order chi connectivity index (χ1) is 7.65. The zero-order chi connectivity index (χ0) is 11.5. The smallest absolute Gasteiger partial charge is 0.332 e. The zero-order valence-electron chi connectivity index (χ0n) is 8.35. The molecule has 2 N–H and O–H groups in total. The number of thiazole rings is 1. The number of aliphatic carboxylic acids is 1. The van der Waals surface area contributed by atoms with E-state index in [0.717, 1.165) is 11.6 Å². The minimum atomic E-state index is -0.889. The normalized spacial score (nSPS) is 24.6. The van der Waals surface area contributed by atoms with Crippen LogP contribution < -0.4 is 5.32 Å². The topological polar surface area (TPSA) is 71.5 Å². The van der Waals surface area contributed by atoms with Gasteiger partial charge in [0.2, 0.25) is 0 Å². The molecule has 5 nitrogen and oxygen atoms in total. The summed E-state index contributed by atoms with van der Waals surface area (Å²) < 4.78 is 5.33. The van der Waals surface area contributed by atoms with E-state index in [1.165, 1.54) is 11.3 Å². The van der Waals surface area contributed by atoms with E-state index in [4.69, 9.17) is 21.4 Å². The second-order valence-corrected chi connectivity index (χ2v) is 4.76. The standard InChI is InChI=1S/C9H11ClN2O3S/c10-7-4-16-9(12-7)11-3-5-1-2-6(15-5)8(13)14/h4-6H,1-3H2,(H,11,12)(H,13,14). The second kappa shape index (κ2) is 4.99. The molecule has 2 atom stereocenters. The largest absolute Gasteiger partial charge is 0.479 e. The Morgan fingerprint density at radius 2 is 2.56 bits per heavy atom. The SMILES string of the molecule is O=C(O)C1CCC(CNc2nc(Cl)cs2)O1. The molecule has 0 saturated carbocycles. The average Bonchev–Trinajstić information content (AvgIpc) is 2.83. The Hall–Kier alpha value is -0.850. The van der Waals surface area contributed by atoms with Gasteiger partial charge < -0.3 is 15.2 Å². The molecule has 0 bridgehead atoms. The van der Waals surface area contributed by atoms with Gasteiger partial charge >= 0.3 is 5.97 Å². The molecule has 1 aliphatic rings. The van der Waals surface area contributed by atoms with Crippen molar-refractivity contribution in [3.8, 4) is 0 Å². The van der Waals surface area contributed by atoms with Crippen LogP contribution in [0, 0.1) is 0 Å². The summed E-state index contributed by atoms with van der Waals surface area (Å²) in [7, 11) is 0. The van der Waals surface area contributed by atoms with Gasteiger partial charge in [0.1, 0.15) is 5.15 Å². The fourth-order valence-electron chi connectivity index (χ4n) is 1.57. The van der Waals surface area contributed by atoms with Crippen LogP contribution >= 0.6 is 22.9 Å². The quantitative estimate of drug-likeness (QED) is 0.866. The number of hydrogen-bond donors (Lipinski definition) is 2. The molecule has 2 unspecified atom stereocenters. The van der Waals surface area contributed by atoms with Crippen molar-refractivity contribution >= 4 is 34.0 Å². The van der Waals surface area contributed by atoms with Crippen LogP contribution in [0.1, 0.15) is 12.8 Å². The zero-order valence-corrected chi connectivity index (χ0v) is 9.92. The van der Waals surface area contributed by atoms with Crippen LogP contribution in [0.15, 0.2) is 5.38 Å². The van der Waals surface area contributed by atoms with Crippen LogP contribution in [-0.4, -0.2) is 34.8 Å². The molecular weight excluding hydrogens is 252 g/mol. The lowest BCUT2D eigenvalue weighted by Crippen LogP contribution is -2.24. The van der Waals surface area contributed by atoms with Crippen molar-refractivity contribution < 1.29 is 14.6 Å². The number of rotatable bonds is 4. The van der Waals surface area contributed by atoms with E-state index in [2.05, 4.69) is 10.3 Å². The van der Waals surface area contributed by atoms with Crippen LogP contribution in [0.2, 0.25) is 5.15 Å². The number of nitrogens with zero attached hydrogens (tertiary/aromatic N) is 1.